The lowest BCUT2D eigenvalue weighted by atomic mass is 10.1. The Hall–Kier alpha value is -3.27. The summed E-state index contributed by atoms with van der Waals surface area (Å²) in [4.78, 5) is 39.2. The lowest BCUT2D eigenvalue weighted by molar-refractivity contribution is -0.112. The maximum atomic E-state index is 13.8. The number of hydrogen-bond acceptors (Lipinski definition) is 5. The van der Waals surface area contributed by atoms with Gasteiger partial charge in [-0.25, -0.2) is 8.78 Å². The maximum absolute atomic E-state index is 13.8. The Kier molecular flexibility index (Phi) is 4.14. The number of benzene rings is 1. The minimum atomic E-state index is -2.55. The highest BCUT2D eigenvalue weighted by molar-refractivity contribution is 5.99. The van der Waals surface area contributed by atoms with Gasteiger partial charge < -0.3 is 24.6 Å². The number of nitrogens with one attached hydrogen (secondary N) is 1. The normalized spacial score (nSPS) is 26.1. The van der Waals surface area contributed by atoms with Gasteiger partial charge in [-0.3, -0.25) is 14.4 Å². The van der Waals surface area contributed by atoms with Gasteiger partial charge in [0, 0.05) is 30.4 Å². The molecule has 1 aromatic carbocycles. The molecule has 0 bridgehead atoms. The quantitative estimate of drug-likeness (QED) is 0.778. The van der Waals surface area contributed by atoms with E-state index in [0.29, 0.717) is 10.6 Å². The number of aromatic hydroxyl groups is 1. The fraction of sp³-hybridized carbons (Fsp3) is 0.350. The van der Waals surface area contributed by atoms with E-state index in [4.69, 9.17) is 8.85 Å². The van der Waals surface area contributed by atoms with Crippen molar-refractivity contribution in [3.8, 4) is 5.75 Å². The zero-order valence-corrected chi connectivity index (χ0v) is 15.7. The first-order chi connectivity index (χ1) is 15.4. The summed E-state index contributed by atoms with van der Waals surface area (Å²) in [6.45, 7) is -1.59. The van der Waals surface area contributed by atoms with Gasteiger partial charge in [0.05, 0.1) is 17.2 Å². The summed E-state index contributed by atoms with van der Waals surface area (Å²) in [5.41, 5.74) is -2.73. The predicted molar refractivity (Wildman–Crippen MR) is 99.9 cm³/mol. The zero-order valence-electron chi connectivity index (χ0n) is 18.7. The second-order valence-corrected chi connectivity index (χ2v) is 6.87. The molecule has 0 saturated carbocycles. The Balaban J connectivity index is 1.74. The van der Waals surface area contributed by atoms with E-state index in [0.717, 1.165) is 23.2 Å². The van der Waals surface area contributed by atoms with E-state index in [-0.39, 0.29) is 18.6 Å². The molecule has 158 valence electrons. The van der Waals surface area contributed by atoms with Crippen molar-refractivity contribution in [1.29, 1.82) is 0 Å². The first kappa shape index (κ1) is 16.5. The fourth-order valence-electron chi connectivity index (χ4n) is 3.33. The molecule has 30 heavy (non-hydrogen) atoms. The van der Waals surface area contributed by atoms with Crippen molar-refractivity contribution in [2.24, 2.45) is 0 Å². The number of nitrogens with zero attached hydrogens (tertiary/aromatic N) is 2. The summed E-state index contributed by atoms with van der Waals surface area (Å²) in [6.07, 6.45) is -0.682. The summed E-state index contributed by atoms with van der Waals surface area (Å²) in [7, 11) is 0. The number of rotatable bonds is 3. The molecular formula is C20H19F2N3O5. The average molecular weight is 422 g/mol. The van der Waals surface area contributed by atoms with E-state index < -0.39 is 71.2 Å². The monoisotopic (exact) mass is 422 g/mol. The molecule has 1 fully saturated rings. The minimum Gasteiger partial charge on any atom is -0.503 e. The van der Waals surface area contributed by atoms with Crippen molar-refractivity contribution in [3.63, 3.8) is 0 Å². The molecule has 10 heteroatoms. The highest BCUT2D eigenvalue weighted by Crippen LogP contribution is 2.29. The second-order valence-electron chi connectivity index (χ2n) is 6.87. The van der Waals surface area contributed by atoms with Crippen LogP contribution in [0, 0.1) is 11.6 Å². The van der Waals surface area contributed by atoms with Crippen LogP contribution in [0.4, 0.5) is 8.78 Å². The van der Waals surface area contributed by atoms with Crippen LogP contribution in [0.1, 0.15) is 43.9 Å². The van der Waals surface area contributed by atoms with Crippen LogP contribution in [-0.2, 0) is 17.8 Å². The van der Waals surface area contributed by atoms with Crippen molar-refractivity contribution in [1.82, 2.24) is 14.8 Å². The molecule has 0 aliphatic carbocycles. The van der Waals surface area contributed by atoms with Crippen LogP contribution in [0.3, 0.4) is 0 Å². The molecule has 0 radical (unpaired) electrons. The van der Waals surface area contributed by atoms with Gasteiger partial charge in [-0.15, -0.1) is 0 Å². The molecule has 2 aliphatic heterocycles. The molecule has 2 aliphatic rings. The molecule has 0 spiro atoms. The fourth-order valence-corrected chi connectivity index (χ4v) is 3.33. The van der Waals surface area contributed by atoms with Crippen LogP contribution in [0.5, 0.6) is 5.75 Å². The lowest BCUT2D eigenvalue weighted by Crippen LogP contribution is -2.57. The van der Waals surface area contributed by atoms with Crippen LogP contribution in [0.2, 0.25) is 0 Å². The third-order valence-electron chi connectivity index (χ3n) is 4.94. The van der Waals surface area contributed by atoms with Crippen LogP contribution in [0.25, 0.3) is 0 Å². The number of carbonyl (C=O) groups is 2. The number of carbonyl (C=O) groups excluding carboxylic acids is 2. The number of amides is 2. The van der Waals surface area contributed by atoms with Crippen molar-refractivity contribution in [3.05, 3.63) is 63.1 Å². The minimum absolute atomic E-state index is 0.00789. The van der Waals surface area contributed by atoms with E-state index in [2.05, 4.69) is 5.32 Å². The van der Waals surface area contributed by atoms with Crippen LogP contribution in [-0.4, -0.2) is 45.2 Å². The van der Waals surface area contributed by atoms with Gasteiger partial charge in [0.25, 0.3) is 11.8 Å². The number of fused-ring (bicyclic) bond motifs is 2. The molecule has 2 atom stereocenters. The molecule has 2 aromatic rings. The van der Waals surface area contributed by atoms with E-state index in [1.54, 1.807) is 0 Å². The predicted octanol–water partition coefficient (Wildman–Crippen LogP) is 1.35. The highest BCUT2D eigenvalue weighted by atomic mass is 19.1. The molecule has 1 saturated heterocycles. The number of ether oxygens (including phenoxy) is 1. The smallest absolute Gasteiger partial charge is 0.276 e. The van der Waals surface area contributed by atoms with Gasteiger partial charge in [-0.1, -0.05) is 6.07 Å². The van der Waals surface area contributed by atoms with Gasteiger partial charge in [0.1, 0.15) is 17.2 Å². The van der Waals surface area contributed by atoms with Crippen LogP contribution >= 0.6 is 0 Å². The second kappa shape index (κ2) is 7.52. The van der Waals surface area contributed by atoms with Gasteiger partial charge in [0.2, 0.25) is 5.43 Å². The highest BCUT2D eigenvalue weighted by Gasteiger charge is 2.41. The Morgan fingerprint density at radius 2 is 2.20 bits per heavy atom. The molecule has 3 heterocycles. The van der Waals surface area contributed by atoms with E-state index in [1.165, 1.54) is 6.92 Å². The number of halogens is 2. The molecular weight excluding hydrogens is 400 g/mol. The standard InChI is InChI=1S/C20H19F2N3O5/c1-10-4-5-30-15-9-24-8-13(17(26)18(27)16(24)20(29)25(10)15)19(28)23-7-11-2-3-12(21)6-14(11)22/h2-3,6,8,10,15,27H,4-5,7,9H2,1H3,(H,23,28)/t10-,15+/m1/s1/i9D2,10D. The Morgan fingerprint density at radius 1 is 1.43 bits per heavy atom. The summed E-state index contributed by atoms with van der Waals surface area (Å²) < 4.78 is 58.3. The molecule has 2 N–H and O–H groups in total. The number of pyridine rings is 1. The Morgan fingerprint density at radius 3 is 2.93 bits per heavy atom. The Labute approximate surface area is 173 Å². The van der Waals surface area contributed by atoms with Crippen LogP contribution < -0.4 is 10.7 Å². The van der Waals surface area contributed by atoms with Crippen LogP contribution in [0.15, 0.2) is 29.2 Å². The van der Waals surface area contributed by atoms with Gasteiger partial charge in [0.15, 0.2) is 17.7 Å². The number of hydrogen-bond donors (Lipinski definition) is 2. The molecule has 1 aromatic heterocycles. The third-order valence-corrected chi connectivity index (χ3v) is 4.94. The topological polar surface area (TPSA) is 101 Å². The van der Waals surface area contributed by atoms with Gasteiger partial charge in [-0.2, -0.15) is 0 Å². The largest absolute Gasteiger partial charge is 0.503 e. The molecule has 4 rings (SSSR count). The van der Waals surface area contributed by atoms with Crippen molar-refractivity contribution >= 4 is 11.8 Å². The first-order valence-corrected chi connectivity index (χ1v) is 9.03. The average Bonchev–Trinajstić information content (AvgIpc) is 2.72. The number of aromatic nitrogens is 1. The summed E-state index contributed by atoms with van der Waals surface area (Å²) in [5.74, 6) is -4.97. The van der Waals surface area contributed by atoms with E-state index >= 15 is 0 Å². The van der Waals surface area contributed by atoms with Crippen molar-refractivity contribution < 1.29 is 32.3 Å². The Bertz CT molecular complexity index is 1230. The summed E-state index contributed by atoms with van der Waals surface area (Å²) >= 11 is 0. The van der Waals surface area contributed by atoms with E-state index in [9.17, 15) is 28.3 Å². The maximum Gasteiger partial charge on any atom is 0.276 e. The summed E-state index contributed by atoms with van der Waals surface area (Å²) in [6, 6.07) is 1.15. The van der Waals surface area contributed by atoms with Crippen molar-refractivity contribution in [2.45, 2.75) is 38.6 Å². The molecule has 0 unspecified atom stereocenters. The van der Waals surface area contributed by atoms with Gasteiger partial charge >= 0.3 is 0 Å². The molecule has 2 amide bonds. The van der Waals surface area contributed by atoms with Gasteiger partial charge in [-0.05, 0) is 19.4 Å². The summed E-state index contributed by atoms with van der Waals surface area (Å²) in [5, 5.41) is 12.7. The van der Waals surface area contributed by atoms with E-state index in [1.807, 2.05) is 0 Å². The third kappa shape index (κ3) is 3.32. The first-order valence-electron chi connectivity index (χ1n) is 10.5. The molecule has 8 nitrogen and oxygen atoms in total. The SMILES string of the molecule is [2H]C1([2H])[C@@H]2OCC[C@@]([2H])(C)N2C(=O)c2c(O)c(=O)c(C(=O)NCc3ccc(F)cc3F)cn21. The van der Waals surface area contributed by atoms with Crippen molar-refractivity contribution in [2.75, 3.05) is 6.61 Å². The zero-order chi connectivity index (χ0) is 24.3. The lowest BCUT2D eigenvalue weighted by Gasteiger charge is -2.44.